The average molecular weight is 242 g/mol. The highest BCUT2D eigenvalue weighted by atomic mass is 15.2. The molecule has 0 aromatic carbocycles. The predicted molar refractivity (Wildman–Crippen MR) is 78.3 cm³/mol. The van der Waals surface area contributed by atoms with Crippen molar-refractivity contribution in [2.75, 3.05) is 0 Å². The van der Waals surface area contributed by atoms with E-state index in [1.165, 1.54) is 25.7 Å². The standard InChI is InChI=1S/C15H34N2/c1-8-11-14(4,5)16-13(10-3)17-15(6,7)12-9-2/h13,16-17H,8-12H2,1-7H3. The molecule has 0 aromatic rings. The van der Waals surface area contributed by atoms with Crippen molar-refractivity contribution < 1.29 is 0 Å². The normalized spacial score (nSPS) is 13.4. The first-order valence-corrected chi connectivity index (χ1v) is 7.31. The van der Waals surface area contributed by atoms with E-state index < -0.39 is 0 Å². The van der Waals surface area contributed by atoms with Gasteiger partial charge in [0.05, 0.1) is 6.17 Å². The average Bonchev–Trinajstić information content (AvgIpc) is 2.15. The van der Waals surface area contributed by atoms with Gasteiger partial charge in [-0.2, -0.15) is 0 Å². The summed E-state index contributed by atoms with van der Waals surface area (Å²) in [5.41, 5.74) is 0.454. The van der Waals surface area contributed by atoms with Crippen molar-refractivity contribution in [1.82, 2.24) is 10.6 Å². The van der Waals surface area contributed by atoms with Gasteiger partial charge in [-0.25, -0.2) is 0 Å². The van der Waals surface area contributed by atoms with Crippen molar-refractivity contribution in [3.63, 3.8) is 0 Å². The first-order chi connectivity index (χ1) is 7.76. The molecule has 2 heteroatoms. The van der Waals surface area contributed by atoms with Gasteiger partial charge in [0.2, 0.25) is 0 Å². The lowest BCUT2D eigenvalue weighted by molar-refractivity contribution is 0.220. The molecule has 2 nitrogen and oxygen atoms in total. The Morgan fingerprint density at radius 1 is 0.765 bits per heavy atom. The first-order valence-electron chi connectivity index (χ1n) is 7.31. The zero-order chi connectivity index (χ0) is 13.5. The highest BCUT2D eigenvalue weighted by Crippen LogP contribution is 2.16. The van der Waals surface area contributed by atoms with Gasteiger partial charge in [-0.05, 0) is 47.0 Å². The van der Waals surface area contributed by atoms with Crippen molar-refractivity contribution in [2.45, 2.75) is 97.8 Å². The summed E-state index contributed by atoms with van der Waals surface area (Å²) in [5, 5.41) is 7.49. The van der Waals surface area contributed by atoms with Crippen LogP contribution in [0.5, 0.6) is 0 Å². The van der Waals surface area contributed by atoms with Crippen molar-refractivity contribution in [3.05, 3.63) is 0 Å². The molecular weight excluding hydrogens is 208 g/mol. The zero-order valence-corrected chi connectivity index (χ0v) is 13.1. The van der Waals surface area contributed by atoms with Crippen LogP contribution in [-0.2, 0) is 0 Å². The van der Waals surface area contributed by atoms with E-state index in [1.54, 1.807) is 0 Å². The van der Waals surface area contributed by atoms with Crippen molar-refractivity contribution >= 4 is 0 Å². The quantitative estimate of drug-likeness (QED) is 0.596. The maximum absolute atomic E-state index is 3.75. The van der Waals surface area contributed by atoms with E-state index in [1.807, 2.05) is 0 Å². The summed E-state index contributed by atoms with van der Waals surface area (Å²) in [6.45, 7) is 15.9. The third kappa shape index (κ3) is 7.77. The number of nitrogens with one attached hydrogen (secondary N) is 2. The van der Waals surface area contributed by atoms with Crippen LogP contribution >= 0.6 is 0 Å². The SMILES string of the molecule is CCCC(C)(C)NC(CC)NC(C)(C)CCC. The van der Waals surface area contributed by atoms with Crippen LogP contribution in [0.2, 0.25) is 0 Å². The maximum atomic E-state index is 3.75. The third-order valence-electron chi connectivity index (χ3n) is 3.29. The smallest absolute Gasteiger partial charge is 0.0577 e. The van der Waals surface area contributed by atoms with Crippen LogP contribution in [0.15, 0.2) is 0 Å². The summed E-state index contributed by atoms with van der Waals surface area (Å²) in [4.78, 5) is 0. The molecule has 0 amide bonds. The Morgan fingerprint density at radius 2 is 1.12 bits per heavy atom. The minimum atomic E-state index is 0.227. The zero-order valence-electron chi connectivity index (χ0n) is 13.1. The van der Waals surface area contributed by atoms with Crippen molar-refractivity contribution in [1.29, 1.82) is 0 Å². The molecule has 0 unspecified atom stereocenters. The van der Waals surface area contributed by atoms with Crippen molar-refractivity contribution in [3.8, 4) is 0 Å². The summed E-state index contributed by atoms with van der Waals surface area (Å²) >= 11 is 0. The summed E-state index contributed by atoms with van der Waals surface area (Å²) in [6, 6.07) is 0. The second-order valence-electron chi connectivity index (χ2n) is 6.52. The van der Waals surface area contributed by atoms with Crippen LogP contribution in [0.3, 0.4) is 0 Å². The molecule has 2 N–H and O–H groups in total. The van der Waals surface area contributed by atoms with E-state index in [0.717, 1.165) is 6.42 Å². The Morgan fingerprint density at radius 3 is 1.35 bits per heavy atom. The fourth-order valence-corrected chi connectivity index (χ4v) is 2.58. The Balaban J connectivity index is 4.33. The van der Waals surface area contributed by atoms with E-state index in [-0.39, 0.29) is 11.1 Å². The largest absolute Gasteiger partial charge is 0.297 e. The van der Waals surface area contributed by atoms with Gasteiger partial charge >= 0.3 is 0 Å². The molecule has 17 heavy (non-hydrogen) atoms. The molecule has 0 aliphatic rings. The first kappa shape index (κ1) is 16.9. The summed E-state index contributed by atoms with van der Waals surface area (Å²) in [5.74, 6) is 0. The van der Waals surface area contributed by atoms with Crippen LogP contribution in [0, 0.1) is 0 Å². The highest BCUT2D eigenvalue weighted by molar-refractivity contribution is 4.85. The molecule has 0 fully saturated rings. The molecule has 104 valence electrons. The fourth-order valence-electron chi connectivity index (χ4n) is 2.58. The van der Waals surface area contributed by atoms with Gasteiger partial charge < -0.3 is 0 Å². The molecule has 0 saturated heterocycles. The molecule has 0 saturated carbocycles. The van der Waals surface area contributed by atoms with E-state index in [0.29, 0.717) is 6.17 Å². The molecule has 0 aliphatic carbocycles. The van der Waals surface area contributed by atoms with Crippen LogP contribution < -0.4 is 10.6 Å². The molecule has 0 aliphatic heterocycles. The van der Waals surface area contributed by atoms with Gasteiger partial charge in [0.25, 0.3) is 0 Å². The Labute approximate surface area is 109 Å². The molecular formula is C15H34N2. The second-order valence-corrected chi connectivity index (χ2v) is 6.52. The van der Waals surface area contributed by atoms with E-state index >= 15 is 0 Å². The number of hydrogen-bond donors (Lipinski definition) is 2. The van der Waals surface area contributed by atoms with Crippen LogP contribution in [0.1, 0.15) is 80.6 Å². The van der Waals surface area contributed by atoms with Crippen LogP contribution in [0.4, 0.5) is 0 Å². The van der Waals surface area contributed by atoms with Gasteiger partial charge in [0, 0.05) is 11.1 Å². The van der Waals surface area contributed by atoms with E-state index in [9.17, 15) is 0 Å². The summed E-state index contributed by atoms with van der Waals surface area (Å²) in [7, 11) is 0. The van der Waals surface area contributed by atoms with E-state index in [4.69, 9.17) is 0 Å². The van der Waals surface area contributed by atoms with Gasteiger partial charge in [0.15, 0.2) is 0 Å². The van der Waals surface area contributed by atoms with Gasteiger partial charge in [-0.15, -0.1) is 0 Å². The Hall–Kier alpha value is -0.0800. The summed E-state index contributed by atoms with van der Waals surface area (Å²) in [6.07, 6.45) is 6.45. The Bertz CT molecular complexity index is 177. The minimum Gasteiger partial charge on any atom is -0.297 e. The van der Waals surface area contributed by atoms with Crippen LogP contribution in [-0.4, -0.2) is 17.2 Å². The number of rotatable bonds is 9. The minimum absolute atomic E-state index is 0.227. The topological polar surface area (TPSA) is 24.1 Å². The van der Waals surface area contributed by atoms with Crippen molar-refractivity contribution in [2.24, 2.45) is 0 Å². The predicted octanol–water partition coefficient (Wildman–Crippen LogP) is 4.06. The lowest BCUT2D eigenvalue weighted by Crippen LogP contribution is -2.57. The van der Waals surface area contributed by atoms with Gasteiger partial charge in [-0.1, -0.05) is 33.6 Å². The third-order valence-corrected chi connectivity index (χ3v) is 3.29. The lowest BCUT2D eigenvalue weighted by Gasteiger charge is -2.37. The maximum Gasteiger partial charge on any atom is 0.0577 e. The molecule has 0 heterocycles. The second kappa shape index (κ2) is 7.38. The summed E-state index contributed by atoms with van der Waals surface area (Å²) < 4.78 is 0. The molecule has 0 spiro atoms. The molecule has 0 atom stereocenters. The fraction of sp³-hybridized carbons (Fsp3) is 1.00. The Kier molecular flexibility index (Phi) is 7.34. The molecule has 0 rings (SSSR count). The van der Waals surface area contributed by atoms with E-state index in [2.05, 4.69) is 59.1 Å². The molecule has 0 radical (unpaired) electrons. The van der Waals surface area contributed by atoms with Gasteiger partial charge in [0.1, 0.15) is 0 Å². The van der Waals surface area contributed by atoms with Gasteiger partial charge in [-0.3, -0.25) is 10.6 Å². The molecule has 0 aromatic heterocycles. The number of hydrogen-bond acceptors (Lipinski definition) is 2. The highest BCUT2D eigenvalue weighted by Gasteiger charge is 2.24. The molecule has 0 bridgehead atoms. The monoisotopic (exact) mass is 242 g/mol. The van der Waals surface area contributed by atoms with Crippen LogP contribution in [0.25, 0.3) is 0 Å². The lowest BCUT2D eigenvalue weighted by atomic mass is 9.96.